The van der Waals surface area contributed by atoms with Crippen LogP contribution in [0, 0.1) is 5.41 Å². The predicted octanol–water partition coefficient (Wildman–Crippen LogP) is 0.796. The minimum Gasteiger partial charge on any atom is -0.481 e. The molecule has 1 heterocycles. The quantitative estimate of drug-likeness (QED) is 0.699. The largest absolute Gasteiger partial charge is 0.481 e. The number of amides is 3. The summed E-state index contributed by atoms with van der Waals surface area (Å²) in [7, 11) is 0. The van der Waals surface area contributed by atoms with Crippen molar-refractivity contribution in [3.63, 3.8) is 0 Å². The highest BCUT2D eigenvalue weighted by Crippen LogP contribution is 2.19. The molecule has 0 aromatic rings. The SMILES string of the molecule is CC(C)NC(=O)N1CCC[C@H]1C(=O)NCC(C)(C)C(=O)O. The maximum atomic E-state index is 12.2. The summed E-state index contributed by atoms with van der Waals surface area (Å²) >= 11 is 0. The number of likely N-dealkylation sites (tertiary alicyclic amines) is 1. The van der Waals surface area contributed by atoms with Crippen LogP contribution < -0.4 is 10.6 Å². The molecule has 1 atom stereocenters. The first kappa shape index (κ1) is 17.3. The van der Waals surface area contributed by atoms with Crippen LogP contribution in [0.5, 0.6) is 0 Å². The van der Waals surface area contributed by atoms with E-state index in [1.807, 2.05) is 13.8 Å². The molecule has 0 saturated carbocycles. The van der Waals surface area contributed by atoms with Crippen LogP contribution in [0.15, 0.2) is 0 Å². The second kappa shape index (κ2) is 6.78. The Balaban J connectivity index is 2.60. The zero-order valence-corrected chi connectivity index (χ0v) is 13.1. The van der Waals surface area contributed by atoms with Crippen LogP contribution in [0.4, 0.5) is 4.79 Å². The molecule has 0 spiro atoms. The van der Waals surface area contributed by atoms with Crippen molar-refractivity contribution in [2.75, 3.05) is 13.1 Å². The predicted molar refractivity (Wildman–Crippen MR) is 77.8 cm³/mol. The first-order valence-electron chi connectivity index (χ1n) is 7.23. The van der Waals surface area contributed by atoms with Gasteiger partial charge in [-0.05, 0) is 40.5 Å². The molecule has 1 aliphatic rings. The molecule has 3 amide bonds. The highest BCUT2D eigenvalue weighted by molar-refractivity contribution is 5.88. The fourth-order valence-electron chi connectivity index (χ4n) is 2.11. The molecule has 120 valence electrons. The number of carbonyl (C=O) groups is 3. The molecule has 0 aromatic heterocycles. The summed E-state index contributed by atoms with van der Waals surface area (Å²) in [6, 6.07) is -0.763. The Morgan fingerprint density at radius 1 is 1.33 bits per heavy atom. The van der Waals surface area contributed by atoms with E-state index in [-0.39, 0.29) is 24.5 Å². The van der Waals surface area contributed by atoms with Crippen molar-refractivity contribution >= 4 is 17.9 Å². The third-order valence-electron chi connectivity index (χ3n) is 3.51. The number of carboxylic acid groups (broad SMARTS) is 1. The van der Waals surface area contributed by atoms with Crippen LogP contribution in [0.25, 0.3) is 0 Å². The summed E-state index contributed by atoms with van der Waals surface area (Å²) in [6.45, 7) is 7.40. The van der Waals surface area contributed by atoms with Crippen LogP contribution in [0.3, 0.4) is 0 Å². The van der Waals surface area contributed by atoms with E-state index in [4.69, 9.17) is 5.11 Å². The third kappa shape index (κ3) is 4.61. The van der Waals surface area contributed by atoms with Gasteiger partial charge in [0.25, 0.3) is 0 Å². The van der Waals surface area contributed by atoms with Gasteiger partial charge in [-0.1, -0.05) is 0 Å². The Labute approximate surface area is 125 Å². The van der Waals surface area contributed by atoms with Crippen molar-refractivity contribution in [2.45, 2.75) is 52.6 Å². The van der Waals surface area contributed by atoms with E-state index >= 15 is 0 Å². The highest BCUT2D eigenvalue weighted by atomic mass is 16.4. The van der Waals surface area contributed by atoms with Gasteiger partial charge >= 0.3 is 12.0 Å². The van der Waals surface area contributed by atoms with E-state index in [0.29, 0.717) is 13.0 Å². The molecular formula is C14H25N3O4. The van der Waals surface area contributed by atoms with Crippen LogP contribution in [0.2, 0.25) is 0 Å². The summed E-state index contributed by atoms with van der Waals surface area (Å²) in [4.78, 5) is 36.8. The molecule has 0 aliphatic carbocycles. The van der Waals surface area contributed by atoms with E-state index in [0.717, 1.165) is 6.42 Å². The van der Waals surface area contributed by atoms with Gasteiger partial charge in [-0.3, -0.25) is 9.59 Å². The van der Waals surface area contributed by atoms with E-state index in [1.165, 1.54) is 4.90 Å². The number of rotatable bonds is 5. The lowest BCUT2D eigenvalue weighted by Crippen LogP contribution is -2.52. The number of aliphatic carboxylic acids is 1. The Hall–Kier alpha value is -1.79. The van der Waals surface area contributed by atoms with E-state index in [1.54, 1.807) is 13.8 Å². The van der Waals surface area contributed by atoms with Crippen molar-refractivity contribution in [1.29, 1.82) is 0 Å². The number of urea groups is 1. The van der Waals surface area contributed by atoms with Crippen LogP contribution >= 0.6 is 0 Å². The summed E-state index contributed by atoms with van der Waals surface area (Å²) in [5, 5.41) is 14.4. The first-order chi connectivity index (χ1) is 9.65. The van der Waals surface area contributed by atoms with Gasteiger partial charge in [0.1, 0.15) is 6.04 Å². The van der Waals surface area contributed by atoms with Crippen LogP contribution in [0.1, 0.15) is 40.5 Å². The van der Waals surface area contributed by atoms with Gasteiger partial charge in [0.2, 0.25) is 5.91 Å². The van der Waals surface area contributed by atoms with E-state index in [9.17, 15) is 14.4 Å². The average Bonchev–Trinajstić information content (AvgIpc) is 2.84. The number of nitrogens with zero attached hydrogens (tertiary/aromatic N) is 1. The lowest BCUT2D eigenvalue weighted by Gasteiger charge is -2.27. The second-order valence-corrected chi connectivity index (χ2v) is 6.36. The fourth-order valence-corrected chi connectivity index (χ4v) is 2.11. The van der Waals surface area contributed by atoms with E-state index < -0.39 is 17.4 Å². The van der Waals surface area contributed by atoms with Gasteiger partial charge in [-0.15, -0.1) is 0 Å². The number of carbonyl (C=O) groups excluding carboxylic acids is 2. The Bertz CT molecular complexity index is 420. The average molecular weight is 299 g/mol. The first-order valence-corrected chi connectivity index (χ1v) is 7.23. The van der Waals surface area contributed by atoms with Crippen LogP contribution in [-0.2, 0) is 9.59 Å². The van der Waals surface area contributed by atoms with E-state index in [2.05, 4.69) is 10.6 Å². The molecular weight excluding hydrogens is 274 g/mol. The molecule has 21 heavy (non-hydrogen) atoms. The van der Waals surface area contributed by atoms with Gasteiger partial charge in [0, 0.05) is 19.1 Å². The molecule has 0 radical (unpaired) electrons. The highest BCUT2D eigenvalue weighted by Gasteiger charge is 2.35. The Morgan fingerprint density at radius 3 is 2.48 bits per heavy atom. The maximum absolute atomic E-state index is 12.2. The lowest BCUT2D eigenvalue weighted by atomic mass is 9.94. The molecule has 0 aromatic carbocycles. The standard InChI is InChI=1S/C14H25N3O4/c1-9(2)16-13(21)17-7-5-6-10(17)11(18)15-8-14(3,4)12(19)20/h9-10H,5-8H2,1-4H3,(H,15,18)(H,16,21)(H,19,20)/t10-/m0/s1. The molecule has 1 fully saturated rings. The lowest BCUT2D eigenvalue weighted by molar-refractivity contribution is -0.146. The monoisotopic (exact) mass is 299 g/mol. The van der Waals surface area contributed by atoms with Gasteiger partial charge in [-0.2, -0.15) is 0 Å². The zero-order valence-electron chi connectivity index (χ0n) is 13.1. The fraction of sp³-hybridized carbons (Fsp3) is 0.786. The van der Waals surface area contributed by atoms with Crippen LogP contribution in [-0.4, -0.2) is 53.1 Å². The summed E-state index contributed by atoms with van der Waals surface area (Å²) < 4.78 is 0. The van der Waals surface area contributed by atoms with Crippen molar-refractivity contribution < 1.29 is 19.5 Å². The van der Waals surface area contributed by atoms with Gasteiger partial charge in [-0.25, -0.2) is 4.79 Å². The summed E-state index contributed by atoms with van der Waals surface area (Å²) in [6.07, 6.45) is 1.37. The molecule has 0 unspecified atom stereocenters. The van der Waals surface area contributed by atoms with Crippen molar-refractivity contribution in [1.82, 2.24) is 15.5 Å². The smallest absolute Gasteiger partial charge is 0.318 e. The summed E-state index contributed by atoms with van der Waals surface area (Å²) in [5.41, 5.74) is -1.03. The van der Waals surface area contributed by atoms with Crippen molar-refractivity contribution in [3.05, 3.63) is 0 Å². The summed E-state index contributed by atoms with van der Waals surface area (Å²) in [5.74, 6) is -1.26. The maximum Gasteiger partial charge on any atom is 0.318 e. The minimum absolute atomic E-state index is 0.00718. The second-order valence-electron chi connectivity index (χ2n) is 6.36. The molecule has 1 aliphatic heterocycles. The molecule has 0 bridgehead atoms. The third-order valence-corrected chi connectivity index (χ3v) is 3.51. The Morgan fingerprint density at radius 2 is 1.95 bits per heavy atom. The molecule has 1 rings (SSSR count). The molecule has 1 saturated heterocycles. The van der Waals surface area contributed by atoms with Gasteiger partial charge in [0.05, 0.1) is 5.41 Å². The van der Waals surface area contributed by atoms with Crippen molar-refractivity contribution in [3.8, 4) is 0 Å². The molecule has 7 nitrogen and oxygen atoms in total. The number of carboxylic acids is 1. The van der Waals surface area contributed by atoms with Gasteiger partial charge < -0.3 is 20.6 Å². The Kier molecular flexibility index (Phi) is 5.57. The number of nitrogens with one attached hydrogen (secondary N) is 2. The number of hydrogen-bond donors (Lipinski definition) is 3. The number of hydrogen-bond acceptors (Lipinski definition) is 3. The zero-order chi connectivity index (χ0) is 16.2. The molecule has 3 N–H and O–H groups in total. The van der Waals surface area contributed by atoms with Crippen molar-refractivity contribution in [2.24, 2.45) is 5.41 Å². The topological polar surface area (TPSA) is 98.7 Å². The normalized spacial score (nSPS) is 18.7. The minimum atomic E-state index is -1.03. The molecule has 7 heteroatoms. The van der Waals surface area contributed by atoms with Gasteiger partial charge in [0.15, 0.2) is 0 Å².